The zero-order valence-corrected chi connectivity index (χ0v) is 13.7. The van der Waals surface area contributed by atoms with Crippen LogP contribution in [0.4, 0.5) is 5.82 Å². The molecule has 0 spiro atoms. The summed E-state index contributed by atoms with van der Waals surface area (Å²) in [5.41, 5.74) is 8.31. The van der Waals surface area contributed by atoms with Gasteiger partial charge >= 0.3 is 5.97 Å². The third-order valence-electron chi connectivity index (χ3n) is 4.83. The summed E-state index contributed by atoms with van der Waals surface area (Å²) in [6.07, 6.45) is 3.81. The van der Waals surface area contributed by atoms with Crippen LogP contribution in [-0.4, -0.2) is 46.1 Å². The Morgan fingerprint density at radius 2 is 2.29 bits per heavy atom. The van der Waals surface area contributed by atoms with Crippen LogP contribution in [0.1, 0.15) is 36.9 Å². The number of pyridine rings is 1. The topological polar surface area (TPSA) is 109 Å². The summed E-state index contributed by atoms with van der Waals surface area (Å²) in [6, 6.07) is 4.15. The number of carbonyl (C=O) groups is 2. The molecule has 1 aromatic rings. The third-order valence-corrected chi connectivity index (χ3v) is 4.83. The monoisotopic (exact) mass is 332 g/mol. The minimum absolute atomic E-state index is 0.0315. The number of aromatic nitrogens is 1. The highest BCUT2D eigenvalue weighted by molar-refractivity contribution is 5.85. The lowest BCUT2D eigenvalue weighted by atomic mass is 9.88. The lowest BCUT2D eigenvalue weighted by Crippen LogP contribution is -2.65. The fraction of sp³-hybridized carbons (Fsp3) is 0.588. The first-order valence-electron chi connectivity index (χ1n) is 8.57. The van der Waals surface area contributed by atoms with E-state index in [1.807, 2.05) is 6.07 Å². The number of nitrogens with zero attached hydrogens (tertiary/aromatic N) is 2. The van der Waals surface area contributed by atoms with Crippen LogP contribution in [0.25, 0.3) is 0 Å². The standard InChI is InChI=1S/C17H24N4O3/c18-15-13(17(24)21(15)10-2-4-14(22)23)8-7-12-6-5-11-3-1-9-19-16(11)20-12/h5-6,13,15H,1-4,7-10,18H2,(H,19,20)(H,22,23). The van der Waals surface area contributed by atoms with Crippen molar-refractivity contribution >= 4 is 17.7 Å². The Balaban J connectivity index is 1.49. The molecular formula is C17H24N4O3. The van der Waals surface area contributed by atoms with Crippen LogP contribution in [0.5, 0.6) is 0 Å². The molecule has 2 aliphatic rings. The van der Waals surface area contributed by atoms with E-state index in [1.165, 1.54) is 5.56 Å². The van der Waals surface area contributed by atoms with Crippen molar-refractivity contribution in [3.63, 3.8) is 0 Å². The van der Waals surface area contributed by atoms with Crippen molar-refractivity contribution in [3.8, 4) is 0 Å². The van der Waals surface area contributed by atoms with Crippen molar-refractivity contribution in [3.05, 3.63) is 23.4 Å². The van der Waals surface area contributed by atoms with Gasteiger partial charge in [0.2, 0.25) is 5.91 Å². The van der Waals surface area contributed by atoms with Crippen molar-refractivity contribution in [2.24, 2.45) is 11.7 Å². The number of amides is 1. The van der Waals surface area contributed by atoms with Crippen LogP contribution in [0.3, 0.4) is 0 Å². The summed E-state index contributed by atoms with van der Waals surface area (Å²) >= 11 is 0. The van der Waals surface area contributed by atoms with Gasteiger partial charge < -0.3 is 21.1 Å². The number of β-lactam (4-membered cyclic amide) rings is 1. The van der Waals surface area contributed by atoms with Gasteiger partial charge in [-0.25, -0.2) is 4.98 Å². The number of carbonyl (C=O) groups excluding carboxylic acids is 1. The molecule has 0 bridgehead atoms. The average Bonchev–Trinajstić information content (AvgIpc) is 2.58. The van der Waals surface area contributed by atoms with Crippen molar-refractivity contribution in [1.29, 1.82) is 0 Å². The van der Waals surface area contributed by atoms with Crippen LogP contribution in [0.15, 0.2) is 12.1 Å². The van der Waals surface area contributed by atoms with Gasteiger partial charge in [-0.3, -0.25) is 9.59 Å². The largest absolute Gasteiger partial charge is 0.481 e. The van der Waals surface area contributed by atoms with E-state index in [0.717, 1.165) is 37.3 Å². The van der Waals surface area contributed by atoms with E-state index >= 15 is 0 Å². The fourth-order valence-electron chi connectivity index (χ4n) is 3.41. The molecule has 1 fully saturated rings. The highest BCUT2D eigenvalue weighted by Crippen LogP contribution is 2.28. The molecule has 7 nitrogen and oxygen atoms in total. The first-order chi connectivity index (χ1) is 11.6. The molecular weight excluding hydrogens is 308 g/mol. The molecule has 1 saturated heterocycles. The lowest BCUT2D eigenvalue weighted by Gasteiger charge is -2.45. The second-order valence-electron chi connectivity index (χ2n) is 6.51. The SMILES string of the molecule is NC1C(CCc2ccc3c(n2)NCCC3)C(=O)N1CCCC(=O)O. The van der Waals surface area contributed by atoms with Gasteiger partial charge in [0.1, 0.15) is 5.82 Å². The van der Waals surface area contributed by atoms with Gasteiger partial charge in [-0.05, 0) is 43.7 Å². The summed E-state index contributed by atoms with van der Waals surface area (Å²) in [4.78, 5) is 28.9. The van der Waals surface area contributed by atoms with Crippen LogP contribution in [-0.2, 0) is 22.4 Å². The first-order valence-corrected chi connectivity index (χ1v) is 8.57. The van der Waals surface area contributed by atoms with E-state index in [9.17, 15) is 9.59 Å². The predicted octanol–water partition coefficient (Wildman–Crippen LogP) is 0.980. The maximum Gasteiger partial charge on any atom is 0.303 e. The molecule has 0 aromatic carbocycles. The van der Waals surface area contributed by atoms with E-state index in [4.69, 9.17) is 10.8 Å². The van der Waals surface area contributed by atoms with Gasteiger partial charge in [-0.1, -0.05) is 6.07 Å². The predicted molar refractivity (Wildman–Crippen MR) is 89.4 cm³/mol. The zero-order chi connectivity index (χ0) is 17.1. The molecule has 3 heterocycles. The van der Waals surface area contributed by atoms with Crippen LogP contribution >= 0.6 is 0 Å². The number of carboxylic acids is 1. The van der Waals surface area contributed by atoms with Crippen molar-refractivity contribution in [2.75, 3.05) is 18.4 Å². The number of aliphatic carboxylic acids is 1. The van der Waals surface area contributed by atoms with Gasteiger partial charge in [0, 0.05) is 25.2 Å². The Bertz CT molecular complexity index is 634. The van der Waals surface area contributed by atoms with Crippen LogP contribution in [0, 0.1) is 5.92 Å². The number of rotatable bonds is 7. The van der Waals surface area contributed by atoms with E-state index in [-0.39, 0.29) is 24.4 Å². The van der Waals surface area contributed by atoms with E-state index in [0.29, 0.717) is 19.4 Å². The number of likely N-dealkylation sites (tertiary alicyclic amines) is 1. The number of nitrogens with two attached hydrogens (primary N) is 1. The number of hydrogen-bond donors (Lipinski definition) is 3. The number of nitrogens with one attached hydrogen (secondary N) is 1. The third kappa shape index (κ3) is 3.51. The minimum Gasteiger partial charge on any atom is -0.481 e. The van der Waals surface area contributed by atoms with E-state index in [2.05, 4.69) is 16.4 Å². The smallest absolute Gasteiger partial charge is 0.303 e. The summed E-state index contributed by atoms with van der Waals surface area (Å²) < 4.78 is 0. The van der Waals surface area contributed by atoms with E-state index in [1.54, 1.807) is 4.90 Å². The maximum atomic E-state index is 12.2. The molecule has 2 unspecified atom stereocenters. The molecule has 2 atom stereocenters. The van der Waals surface area contributed by atoms with Gasteiger partial charge in [-0.2, -0.15) is 0 Å². The van der Waals surface area contributed by atoms with Gasteiger partial charge in [0.15, 0.2) is 0 Å². The van der Waals surface area contributed by atoms with Gasteiger partial charge in [0.25, 0.3) is 0 Å². The fourth-order valence-corrected chi connectivity index (χ4v) is 3.41. The lowest BCUT2D eigenvalue weighted by molar-refractivity contribution is -0.157. The van der Waals surface area contributed by atoms with Gasteiger partial charge in [0.05, 0.1) is 12.1 Å². The number of carboxylic acid groups (broad SMARTS) is 1. The molecule has 3 rings (SSSR count). The molecule has 0 aliphatic carbocycles. The summed E-state index contributed by atoms with van der Waals surface area (Å²) in [5, 5.41) is 12.0. The Morgan fingerprint density at radius 1 is 1.46 bits per heavy atom. The zero-order valence-electron chi connectivity index (χ0n) is 13.7. The number of aryl methyl sites for hydroxylation is 2. The van der Waals surface area contributed by atoms with Crippen molar-refractivity contribution in [1.82, 2.24) is 9.88 Å². The maximum absolute atomic E-state index is 12.2. The number of anilines is 1. The van der Waals surface area contributed by atoms with Crippen molar-refractivity contribution < 1.29 is 14.7 Å². The average molecular weight is 332 g/mol. The first kappa shape index (κ1) is 16.7. The highest BCUT2D eigenvalue weighted by atomic mass is 16.4. The molecule has 24 heavy (non-hydrogen) atoms. The molecule has 7 heteroatoms. The summed E-state index contributed by atoms with van der Waals surface area (Å²) in [5.74, 6) is -0.0249. The summed E-state index contributed by atoms with van der Waals surface area (Å²) in [6.45, 7) is 1.38. The van der Waals surface area contributed by atoms with Gasteiger partial charge in [-0.15, -0.1) is 0 Å². The molecule has 0 saturated carbocycles. The Kier molecular flexibility index (Phi) is 4.99. The van der Waals surface area contributed by atoms with Crippen molar-refractivity contribution in [2.45, 2.75) is 44.7 Å². The Hall–Kier alpha value is -2.15. The molecule has 1 amide bonds. The quantitative estimate of drug-likeness (QED) is 0.642. The molecule has 1 aromatic heterocycles. The number of fused-ring (bicyclic) bond motifs is 1. The van der Waals surface area contributed by atoms with E-state index < -0.39 is 5.97 Å². The van der Waals surface area contributed by atoms with Crippen LogP contribution in [0.2, 0.25) is 0 Å². The minimum atomic E-state index is -0.847. The molecule has 2 aliphatic heterocycles. The Morgan fingerprint density at radius 3 is 3.04 bits per heavy atom. The molecule has 130 valence electrons. The normalized spacial score (nSPS) is 22.5. The Labute approximate surface area is 141 Å². The molecule has 4 N–H and O–H groups in total. The van der Waals surface area contributed by atoms with Crippen LogP contribution < -0.4 is 11.1 Å². The number of hydrogen-bond acceptors (Lipinski definition) is 5. The molecule has 0 radical (unpaired) electrons. The second kappa shape index (κ2) is 7.17. The highest BCUT2D eigenvalue weighted by Gasteiger charge is 2.43. The second-order valence-corrected chi connectivity index (χ2v) is 6.51. The summed E-state index contributed by atoms with van der Waals surface area (Å²) in [7, 11) is 0.